The van der Waals surface area contributed by atoms with E-state index in [1.165, 1.54) is 23.0 Å². The maximum absolute atomic E-state index is 11.9. The first-order valence-corrected chi connectivity index (χ1v) is 6.99. The SMILES string of the molecule is CCc1cn(-c2c(Cl)cc(Cl)cc2Cl)nc(C(=O)O)c1=O. The minimum atomic E-state index is -1.41. The summed E-state index contributed by atoms with van der Waals surface area (Å²) >= 11 is 18.0. The molecule has 5 nitrogen and oxygen atoms in total. The van der Waals surface area contributed by atoms with E-state index >= 15 is 0 Å². The van der Waals surface area contributed by atoms with Crippen molar-refractivity contribution in [1.29, 1.82) is 0 Å². The summed E-state index contributed by atoms with van der Waals surface area (Å²) in [5.74, 6) is -1.41. The van der Waals surface area contributed by atoms with Gasteiger partial charge in [0, 0.05) is 16.8 Å². The third kappa shape index (κ3) is 3.05. The first-order chi connectivity index (χ1) is 9.85. The van der Waals surface area contributed by atoms with Crippen molar-refractivity contribution in [3.05, 3.63) is 54.9 Å². The van der Waals surface area contributed by atoms with Crippen molar-refractivity contribution >= 4 is 40.8 Å². The number of hydrogen-bond donors (Lipinski definition) is 1. The smallest absolute Gasteiger partial charge is 0.360 e. The lowest BCUT2D eigenvalue weighted by Gasteiger charge is -2.12. The van der Waals surface area contributed by atoms with Crippen molar-refractivity contribution < 1.29 is 9.90 Å². The van der Waals surface area contributed by atoms with Crippen molar-refractivity contribution in [2.45, 2.75) is 13.3 Å². The largest absolute Gasteiger partial charge is 0.476 e. The van der Waals surface area contributed by atoms with Gasteiger partial charge in [-0.15, -0.1) is 0 Å². The van der Waals surface area contributed by atoms with Crippen LogP contribution in [-0.4, -0.2) is 20.9 Å². The number of aryl methyl sites for hydroxylation is 1. The van der Waals surface area contributed by atoms with E-state index in [-0.39, 0.29) is 15.7 Å². The van der Waals surface area contributed by atoms with E-state index in [1.807, 2.05) is 0 Å². The van der Waals surface area contributed by atoms with Gasteiger partial charge in [-0.2, -0.15) is 5.10 Å². The van der Waals surface area contributed by atoms with E-state index in [1.54, 1.807) is 6.92 Å². The van der Waals surface area contributed by atoms with Crippen LogP contribution in [0.1, 0.15) is 23.0 Å². The summed E-state index contributed by atoms with van der Waals surface area (Å²) < 4.78 is 1.19. The van der Waals surface area contributed by atoms with Crippen LogP contribution in [0.25, 0.3) is 5.69 Å². The third-order valence-electron chi connectivity index (χ3n) is 2.79. The zero-order valence-electron chi connectivity index (χ0n) is 10.7. The van der Waals surface area contributed by atoms with Gasteiger partial charge in [-0.1, -0.05) is 41.7 Å². The molecule has 0 radical (unpaired) electrons. The van der Waals surface area contributed by atoms with Crippen LogP contribution in [0.15, 0.2) is 23.1 Å². The standard InChI is InChI=1S/C13H9Cl3N2O3/c1-2-6-5-18(17-10(12(6)19)13(20)21)11-8(15)3-7(14)4-9(11)16/h3-5H,2H2,1H3,(H,20,21). The highest BCUT2D eigenvalue weighted by Gasteiger charge is 2.18. The number of benzene rings is 1. The molecule has 1 aromatic heterocycles. The molecule has 0 bridgehead atoms. The summed E-state index contributed by atoms with van der Waals surface area (Å²) in [5.41, 5.74) is -0.650. The second kappa shape index (κ2) is 6.05. The normalized spacial score (nSPS) is 10.7. The van der Waals surface area contributed by atoms with Crippen LogP contribution >= 0.6 is 34.8 Å². The van der Waals surface area contributed by atoms with Crippen molar-refractivity contribution in [3.63, 3.8) is 0 Å². The number of carboxylic acids is 1. The highest BCUT2D eigenvalue weighted by molar-refractivity contribution is 6.40. The Balaban J connectivity index is 2.79. The number of aromatic carboxylic acids is 1. The Kier molecular flexibility index (Phi) is 4.56. The molecule has 0 fully saturated rings. The number of hydrogen-bond acceptors (Lipinski definition) is 3. The highest BCUT2D eigenvalue weighted by Crippen LogP contribution is 2.31. The summed E-state index contributed by atoms with van der Waals surface area (Å²) in [5, 5.41) is 13.6. The monoisotopic (exact) mass is 346 g/mol. The minimum Gasteiger partial charge on any atom is -0.476 e. The number of rotatable bonds is 3. The Morgan fingerprint density at radius 2 is 1.86 bits per heavy atom. The van der Waals surface area contributed by atoms with Gasteiger partial charge in [0.15, 0.2) is 0 Å². The molecule has 110 valence electrons. The van der Waals surface area contributed by atoms with Gasteiger partial charge >= 0.3 is 5.97 Å². The topological polar surface area (TPSA) is 72.2 Å². The van der Waals surface area contributed by atoms with Gasteiger partial charge in [-0.3, -0.25) is 4.79 Å². The number of nitrogens with zero attached hydrogens (tertiary/aromatic N) is 2. The summed E-state index contributed by atoms with van der Waals surface area (Å²) in [6.45, 7) is 1.73. The lowest BCUT2D eigenvalue weighted by atomic mass is 10.2. The average molecular weight is 348 g/mol. The molecule has 1 aromatic carbocycles. The summed E-state index contributed by atoms with van der Waals surface area (Å²) in [6.07, 6.45) is 1.76. The number of halogens is 3. The van der Waals surface area contributed by atoms with Gasteiger partial charge in [-0.25, -0.2) is 9.48 Å². The molecule has 2 rings (SSSR count). The van der Waals surface area contributed by atoms with Crippen LogP contribution in [0.5, 0.6) is 0 Å². The summed E-state index contributed by atoms with van der Waals surface area (Å²) in [4.78, 5) is 23.0. The Labute approximate surface area is 134 Å². The Bertz CT molecular complexity index is 764. The van der Waals surface area contributed by atoms with Gasteiger partial charge in [0.05, 0.1) is 10.0 Å². The predicted octanol–water partition coefficient (Wildman–Crippen LogP) is 3.45. The fraction of sp³-hybridized carbons (Fsp3) is 0.154. The van der Waals surface area contributed by atoms with Gasteiger partial charge < -0.3 is 5.11 Å². The van der Waals surface area contributed by atoms with Crippen molar-refractivity contribution in [1.82, 2.24) is 9.78 Å². The zero-order valence-corrected chi connectivity index (χ0v) is 13.0. The second-order valence-electron chi connectivity index (χ2n) is 4.15. The van der Waals surface area contributed by atoms with E-state index in [0.717, 1.165) is 0 Å². The third-order valence-corrected chi connectivity index (χ3v) is 3.58. The first-order valence-electron chi connectivity index (χ1n) is 5.86. The Morgan fingerprint density at radius 3 is 2.33 bits per heavy atom. The number of carbonyl (C=O) groups is 1. The van der Waals surface area contributed by atoms with Crippen molar-refractivity contribution in [2.24, 2.45) is 0 Å². The molecule has 0 aliphatic carbocycles. The predicted molar refractivity (Wildman–Crippen MR) is 81.2 cm³/mol. The Hall–Kier alpha value is -1.56. The van der Waals surface area contributed by atoms with Crippen molar-refractivity contribution in [2.75, 3.05) is 0 Å². The zero-order chi connectivity index (χ0) is 15.7. The fourth-order valence-corrected chi connectivity index (χ4v) is 2.79. The van der Waals surface area contributed by atoms with Crippen LogP contribution in [0, 0.1) is 0 Å². The van der Waals surface area contributed by atoms with E-state index in [0.29, 0.717) is 17.0 Å². The maximum atomic E-state index is 11.9. The summed E-state index contributed by atoms with van der Waals surface area (Å²) in [7, 11) is 0. The van der Waals surface area contributed by atoms with Crippen LogP contribution in [0.3, 0.4) is 0 Å². The van der Waals surface area contributed by atoms with Crippen LogP contribution in [0.2, 0.25) is 15.1 Å². The molecule has 0 aliphatic heterocycles. The van der Waals surface area contributed by atoms with Gasteiger partial charge in [0.1, 0.15) is 5.69 Å². The number of carboxylic acid groups (broad SMARTS) is 1. The molecule has 0 saturated carbocycles. The molecule has 0 saturated heterocycles. The van der Waals surface area contributed by atoms with Crippen LogP contribution in [0.4, 0.5) is 0 Å². The lowest BCUT2D eigenvalue weighted by Crippen LogP contribution is -2.24. The molecule has 0 unspecified atom stereocenters. The van der Waals surface area contributed by atoms with Gasteiger partial charge in [0.25, 0.3) is 0 Å². The molecule has 1 N–H and O–H groups in total. The Morgan fingerprint density at radius 1 is 1.29 bits per heavy atom. The second-order valence-corrected chi connectivity index (χ2v) is 5.40. The number of aromatic nitrogens is 2. The summed E-state index contributed by atoms with van der Waals surface area (Å²) in [6, 6.07) is 2.91. The van der Waals surface area contributed by atoms with Crippen molar-refractivity contribution in [3.8, 4) is 5.69 Å². The average Bonchev–Trinajstić information content (AvgIpc) is 2.38. The van der Waals surface area contributed by atoms with Gasteiger partial charge in [0.2, 0.25) is 11.1 Å². The van der Waals surface area contributed by atoms with E-state index in [9.17, 15) is 9.59 Å². The molecule has 21 heavy (non-hydrogen) atoms. The molecule has 0 aliphatic rings. The molecule has 0 atom stereocenters. The van der Waals surface area contributed by atoms with Crippen LogP contribution < -0.4 is 5.43 Å². The first kappa shape index (κ1) is 15.8. The fourth-order valence-electron chi connectivity index (χ4n) is 1.80. The minimum absolute atomic E-state index is 0.196. The van der Waals surface area contributed by atoms with E-state index < -0.39 is 17.1 Å². The maximum Gasteiger partial charge on any atom is 0.360 e. The highest BCUT2D eigenvalue weighted by atomic mass is 35.5. The van der Waals surface area contributed by atoms with E-state index in [2.05, 4.69) is 5.10 Å². The van der Waals surface area contributed by atoms with Gasteiger partial charge in [-0.05, 0) is 18.6 Å². The molecule has 0 amide bonds. The van der Waals surface area contributed by atoms with E-state index in [4.69, 9.17) is 39.9 Å². The molecule has 2 aromatic rings. The molecular formula is C13H9Cl3N2O3. The van der Waals surface area contributed by atoms with Crippen LogP contribution in [-0.2, 0) is 6.42 Å². The molecule has 1 heterocycles. The lowest BCUT2D eigenvalue weighted by molar-refractivity contribution is 0.0686. The quantitative estimate of drug-likeness (QED) is 0.923. The molecule has 0 spiro atoms. The molecular weight excluding hydrogens is 339 g/mol. The molecule has 8 heteroatoms.